The summed E-state index contributed by atoms with van der Waals surface area (Å²) in [6, 6.07) is 0. The quantitative estimate of drug-likeness (QED) is 0.791. The molecular formula is C13H20N4. The molecule has 2 aliphatic carbocycles. The van der Waals surface area contributed by atoms with Crippen molar-refractivity contribution in [2.24, 2.45) is 11.8 Å². The van der Waals surface area contributed by atoms with Crippen LogP contribution in [-0.2, 0) is 0 Å². The van der Waals surface area contributed by atoms with E-state index < -0.39 is 0 Å². The predicted molar refractivity (Wildman–Crippen MR) is 69.2 cm³/mol. The zero-order chi connectivity index (χ0) is 11.7. The molecule has 0 unspecified atom stereocenters. The van der Waals surface area contributed by atoms with Gasteiger partial charge in [-0.3, -0.25) is 0 Å². The van der Waals surface area contributed by atoms with Crippen LogP contribution in [0.2, 0.25) is 0 Å². The highest BCUT2D eigenvalue weighted by Gasteiger charge is 2.22. The molecule has 0 saturated heterocycles. The fourth-order valence-corrected chi connectivity index (χ4v) is 1.83. The molecule has 0 bridgehead atoms. The molecule has 17 heavy (non-hydrogen) atoms. The third-order valence-corrected chi connectivity index (χ3v) is 3.47. The summed E-state index contributed by atoms with van der Waals surface area (Å²) in [6.07, 6.45) is 7.34. The highest BCUT2D eigenvalue weighted by atomic mass is 15.1. The van der Waals surface area contributed by atoms with Crippen molar-refractivity contribution in [1.82, 2.24) is 9.97 Å². The van der Waals surface area contributed by atoms with Crippen molar-refractivity contribution in [2.45, 2.75) is 32.6 Å². The number of nitrogens with zero attached hydrogens (tertiary/aromatic N) is 2. The molecule has 1 aromatic heterocycles. The van der Waals surface area contributed by atoms with Gasteiger partial charge in [-0.15, -0.1) is 0 Å². The summed E-state index contributed by atoms with van der Waals surface area (Å²) in [5, 5.41) is 6.74. The summed E-state index contributed by atoms with van der Waals surface area (Å²) >= 11 is 0. The van der Waals surface area contributed by atoms with Gasteiger partial charge < -0.3 is 10.6 Å². The van der Waals surface area contributed by atoms with Gasteiger partial charge in [0.25, 0.3) is 0 Å². The van der Waals surface area contributed by atoms with E-state index in [0.717, 1.165) is 42.3 Å². The lowest BCUT2D eigenvalue weighted by Crippen LogP contribution is -2.11. The Labute approximate surface area is 102 Å². The normalized spacial score (nSPS) is 19.1. The monoisotopic (exact) mass is 232 g/mol. The molecule has 4 nitrogen and oxygen atoms in total. The maximum absolute atomic E-state index is 4.54. The fourth-order valence-electron chi connectivity index (χ4n) is 1.83. The molecule has 0 aromatic carbocycles. The standard InChI is InChI=1S/C13H20N4/c1-9-6-15-13(16-8-11-4-5-11)17-12(9)14-7-10-2-3-10/h6,10-11H,2-5,7-8H2,1H3,(H2,14,15,16,17). The fraction of sp³-hybridized carbons (Fsp3) is 0.692. The molecule has 92 valence electrons. The van der Waals surface area contributed by atoms with E-state index in [0.29, 0.717) is 0 Å². The first-order valence-corrected chi connectivity index (χ1v) is 6.62. The van der Waals surface area contributed by atoms with E-state index in [9.17, 15) is 0 Å². The van der Waals surface area contributed by atoms with Crippen molar-refractivity contribution in [2.75, 3.05) is 23.7 Å². The van der Waals surface area contributed by atoms with Gasteiger partial charge in [0.05, 0.1) is 0 Å². The van der Waals surface area contributed by atoms with Crippen molar-refractivity contribution in [3.63, 3.8) is 0 Å². The van der Waals surface area contributed by atoms with Crippen LogP contribution < -0.4 is 10.6 Å². The second kappa shape index (κ2) is 4.51. The smallest absolute Gasteiger partial charge is 0.224 e. The molecule has 2 saturated carbocycles. The Morgan fingerprint density at radius 1 is 1.12 bits per heavy atom. The average molecular weight is 232 g/mol. The van der Waals surface area contributed by atoms with Crippen LogP contribution >= 0.6 is 0 Å². The van der Waals surface area contributed by atoms with Gasteiger partial charge in [0.2, 0.25) is 5.95 Å². The van der Waals surface area contributed by atoms with Crippen molar-refractivity contribution in [1.29, 1.82) is 0 Å². The first kappa shape index (κ1) is 10.8. The van der Waals surface area contributed by atoms with Crippen molar-refractivity contribution in [3.8, 4) is 0 Å². The van der Waals surface area contributed by atoms with Gasteiger partial charge in [-0.1, -0.05) is 0 Å². The zero-order valence-electron chi connectivity index (χ0n) is 10.4. The number of anilines is 2. The molecule has 1 aromatic rings. The van der Waals surface area contributed by atoms with Gasteiger partial charge in [-0.05, 0) is 44.4 Å². The lowest BCUT2D eigenvalue weighted by Gasteiger charge is -2.10. The van der Waals surface area contributed by atoms with E-state index >= 15 is 0 Å². The third kappa shape index (κ3) is 3.08. The number of aryl methyl sites for hydroxylation is 1. The summed E-state index contributed by atoms with van der Waals surface area (Å²) in [7, 11) is 0. The average Bonchev–Trinajstić information content (AvgIpc) is 3.20. The number of aromatic nitrogens is 2. The molecule has 0 amide bonds. The lowest BCUT2D eigenvalue weighted by molar-refractivity contribution is 0.862. The number of rotatable bonds is 6. The highest BCUT2D eigenvalue weighted by Crippen LogP contribution is 2.30. The van der Waals surface area contributed by atoms with E-state index in [-0.39, 0.29) is 0 Å². The van der Waals surface area contributed by atoms with Crippen molar-refractivity contribution >= 4 is 11.8 Å². The van der Waals surface area contributed by atoms with Crippen LogP contribution in [-0.4, -0.2) is 23.1 Å². The van der Waals surface area contributed by atoms with Crippen LogP contribution in [0.4, 0.5) is 11.8 Å². The molecule has 0 spiro atoms. The second-order valence-electron chi connectivity index (χ2n) is 5.37. The first-order valence-electron chi connectivity index (χ1n) is 6.62. The summed E-state index contributed by atoms with van der Waals surface area (Å²) in [5.41, 5.74) is 1.13. The molecular weight excluding hydrogens is 212 g/mol. The van der Waals surface area contributed by atoms with Crippen LogP contribution in [0.25, 0.3) is 0 Å². The SMILES string of the molecule is Cc1cnc(NCC2CC2)nc1NCC1CC1. The second-order valence-corrected chi connectivity index (χ2v) is 5.37. The number of hydrogen-bond donors (Lipinski definition) is 2. The van der Waals surface area contributed by atoms with E-state index in [2.05, 4.69) is 27.5 Å². The van der Waals surface area contributed by atoms with Gasteiger partial charge in [0.15, 0.2) is 0 Å². The van der Waals surface area contributed by atoms with Gasteiger partial charge in [0.1, 0.15) is 5.82 Å². The summed E-state index contributed by atoms with van der Waals surface area (Å²) < 4.78 is 0. The molecule has 2 N–H and O–H groups in total. The molecule has 0 radical (unpaired) electrons. The van der Waals surface area contributed by atoms with Crippen LogP contribution in [0.1, 0.15) is 31.2 Å². The Morgan fingerprint density at radius 3 is 2.41 bits per heavy atom. The van der Waals surface area contributed by atoms with E-state index in [1.807, 2.05) is 6.20 Å². The van der Waals surface area contributed by atoms with Gasteiger partial charge in [0, 0.05) is 24.8 Å². The van der Waals surface area contributed by atoms with Crippen LogP contribution in [0.15, 0.2) is 6.20 Å². The van der Waals surface area contributed by atoms with Crippen LogP contribution in [0.3, 0.4) is 0 Å². The van der Waals surface area contributed by atoms with E-state index in [1.54, 1.807) is 0 Å². The Hall–Kier alpha value is -1.32. The van der Waals surface area contributed by atoms with E-state index in [4.69, 9.17) is 0 Å². The summed E-state index contributed by atoms with van der Waals surface area (Å²) in [4.78, 5) is 8.86. The largest absolute Gasteiger partial charge is 0.369 e. The Bertz CT molecular complexity index is 396. The van der Waals surface area contributed by atoms with Crippen molar-refractivity contribution in [3.05, 3.63) is 11.8 Å². The summed E-state index contributed by atoms with van der Waals surface area (Å²) in [6.45, 7) is 4.13. The maximum Gasteiger partial charge on any atom is 0.224 e. The third-order valence-electron chi connectivity index (χ3n) is 3.47. The minimum Gasteiger partial charge on any atom is -0.369 e. The molecule has 2 fully saturated rings. The molecule has 3 rings (SSSR count). The number of nitrogens with one attached hydrogen (secondary N) is 2. The lowest BCUT2D eigenvalue weighted by atomic mass is 10.3. The van der Waals surface area contributed by atoms with Gasteiger partial charge in [-0.2, -0.15) is 4.98 Å². The van der Waals surface area contributed by atoms with Gasteiger partial charge in [-0.25, -0.2) is 4.98 Å². The van der Waals surface area contributed by atoms with Crippen LogP contribution in [0.5, 0.6) is 0 Å². The molecule has 4 heteroatoms. The first-order chi connectivity index (χ1) is 8.31. The topological polar surface area (TPSA) is 49.8 Å². The zero-order valence-corrected chi connectivity index (χ0v) is 10.4. The minimum absolute atomic E-state index is 0.765. The maximum atomic E-state index is 4.54. The Kier molecular flexibility index (Phi) is 2.87. The van der Waals surface area contributed by atoms with Crippen molar-refractivity contribution < 1.29 is 0 Å². The van der Waals surface area contributed by atoms with E-state index in [1.165, 1.54) is 25.7 Å². The number of hydrogen-bond acceptors (Lipinski definition) is 4. The van der Waals surface area contributed by atoms with Gasteiger partial charge >= 0.3 is 0 Å². The molecule has 0 aliphatic heterocycles. The minimum atomic E-state index is 0.765. The summed E-state index contributed by atoms with van der Waals surface area (Å²) in [5.74, 6) is 3.47. The predicted octanol–water partition coefficient (Wildman–Crippen LogP) is 2.43. The Balaban J connectivity index is 1.60. The Morgan fingerprint density at radius 2 is 1.76 bits per heavy atom. The molecule has 0 atom stereocenters. The van der Waals surface area contributed by atoms with Crippen LogP contribution in [0, 0.1) is 18.8 Å². The molecule has 2 aliphatic rings. The molecule has 1 heterocycles. The highest BCUT2D eigenvalue weighted by molar-refractivity contribution is 5.46.